The molecular formula is C31H29ClF2N8O. The van der Waals surface area contributed by atoms with E-state index in [0.29, 0.717) is 61.5 Å². The molecule has 6 rings (SSSR count). The third-order valence-electron chi connectivity index (χ3n) is 8.22. The van der Waals surface area contributed by atoms with Gasteiger partial charge in [-0.15, -0.1) is 10.2 Å². The summed E-state index contributed by atoms with van der Waals surface area (Å²) in [6.45, 7) is 8.58. The lowest BCUT2D eigenvalue weighted by atomic mass is 9.97. The fraction of sp³-hybridized carbons (Fsp3) is 0.323. The monoisotopic (exact) mass is 602 g/mol. The molecule has 2 aromatic heterocycles. The Kier molecular flexibility index (Phi) is 7.48. The predicted molar refractivity (Wildman–Crippen MR) is 159 cm³/mol. The summed E-state index contributed by atoms with van der Waals surface area (Å²) in [5, 5.41) is 18.6. The number of halogens is 3. The predicted octanol–water partition coefficient (Wildman–Crippen LogP) is 5.13. The highest BCUT2D eigenvalue weighted by atomic mass is 35.5. The van der Waals surface area contributed by atoms with Crippen LogP contribution in [0.2, 0.25) is 5.02 Å². The number of fused-ring (bicyclic) bond motifs is 1. The van der Waals surface area contributed by atoms with Crippen LogP contribution in [0.5, 0.6) is 0 Å². The van der Waals surface area contributed by atoms with Crippen LogP contribution in [0, 0.1) is 36.8 Å². The fourth-order valence-corrected chi connectivity index (χ4v) is 6.21. The van der Waals surface area contributed by atoms with E-state index in [2.05, 4.69) is 24.6 Å². The van der Waals surface area contributed by atoms with E-state index in [1.807, 2.05) is 39.0 Å². The summed E-state index contributed by atoms with van der Waals surface area (Å²) in [5.74, 6) is 0.632. The Bertz CT molecular complexity index is 1780. The van der Waals surface area contributed by atoms with Crippen molar-refractivity contribution in [1.29, 1.82) is 5.26 Å². The van der Waals surface area contributed by atoms with E-state index in [1.165, 1.54) is 0 Å². The Labute approximate surface area is 252 Å². The van der Waals surface area contributed by atoms with Gasteiger partial charge >= 0.3 is 0 Å². The van der Waals surface area contributed by atoms with Crippen molar-refractivity contribution >= 4 is 29.0 Å². The van der Waals surface area contributed by atoms with E-state index in [9.17, 15) is 13.6 Å². The molecule has 12 heteroatoms. The van der Waals surface area contributed by atoms with Crippen molar-refractivity contribution in [3.05, 3.63) is 87.3 Å². The van der Waals surface area contributed by atoms with Gasteiger partial charge in [-0.2, -0.15) is 5.26 Å². The Morgan fingerprint density at radius 2 is 1.81 bits per heavy atom. The summed E-state index contributed by atoms with van der Waals surface area (Å²) in [6.07, 6.45) is 1.71. The summed E-state index contributed by atoms with van der Waals surface area (Å²) < 4.78 is 31.0. The van der Waals surface area contributed by atoms with Crippen LogP contribution in [0.25, 0.3) is 11.4 Å². The highest BCUT2D eigenvalue weighted by molar-refractivity contribution is 6.32. The molecule has 2 aromatic carbocycles. The molecule has 4 heterocycles. The lowest BCUT2D eigenvalue weighted by Crippen LogP contribution is -2.54. The van der Waals surface area contributed by atoms with Crippen LogP contribution in [0.3, 0.4) is 0 Å². The Morgan fingerprint density at radius 1 is 1.02 bits per heavy atom. The van der Waals surface area contributed by atoms with E-state index >= 15 is 0 Å². The molecule has 0 saturated carbocycles. The number of aryl methyl sites for hydroxylation is 2. The molecule has 1 atom stereocenters. The number of nitriles is 1. The average molecular weight is 603 g/mol. The van der Waals surface area contributed by atoms with Gasteiger partial charge in [0.25, 0.3) is 5.91 Å². The summed E-state index contributed by atoms with van der Waals surface area (Å²) >= 11 is 6.38. The van der Waals surface area contributed by atoms with E-state index < -0.39 is 11.6 Å². The number of anilines is 2. The van der Waals surface area contributed by atoms with E-state index in [1.54, 1.807) is 28.1 Å². The van der Waals surface area contributed by atoms with Crippen molar-refractivity contribution < 1.29 is 13.6 Å². The van der Waals surface area contributed by atoms with Crippen molar-refractivity contribution in [2.24, 2.45) is 0 Å². The molecule has 0 aliphatic carbocycles. The maximum Gasteiger partial charge on any atom is 0.254 e. The van der Waals surface area contributed by atoms with Crippen LogP contribution in [0.4, 0.5) is 20.3 Å². The molecule has 0 bridgehead atoms. The summed E-state index contributed by atoms with van der Waals surface area (Å²) in [5.41, 5.74) is 2.97. The fourth-order valence-electron chi connectivity index (χ4n) is 5.97. The third-order valence-corrected chi connectivity index (χ3v) is 8.52. The second kappa shape index (κ2) is 11.3. The first-order valence-electron chi connectivity index (χ1n) is 14.0. The SMILES string of the molecule is Cc1cc(C)c(-c2nnc3n2CCN(c2ncccc2Cl)C3)cc1C(=O)N1CCN(c2cc(F)c(C#N)cc2F)C[C@@H]1C. The lowest BCUT2D eigenvalue weighted by Gasteiger charge is -2.41. The van der Waals surface area contributed by atoms with Crippen LogP contribution in [-0.2, 0) is 13.1 Å². The van der Waals surface area contributed by atoms with Crippen molar-refractivity contribution in [3.8, 4) is 17.5 Å². The van der Waals surface area contributed by atoms with E-state index in [-0.39, 0.29) is 23.2 Å². The molecule has 220 valence electrons. The second-order valence-corrected chi connectivity index (χ2v) is 11.4. The van der Waals surface area contributed by atoms with Gasteiger partial charge in [0.05, 0.1) is 22.8 Å². The van der Waals surface area contributed by atoms with Gasteiger partial charge in [-0.25, -0.2) is 13.8 Å². The summed E-state index contributed by atoms with van der Waals surface area (Å²) in [4.78, 5) is 23.9. The first kappa shape index (κ1) is 28.6. The first-order valence-corrected chi connectivity index (χ1v) is 14.4. The highest BCUT2D eigenvalue weighted by Gasteiger charge is 2.32. The molecule has 0 unspecified atom stereocenters. The molecule has 0 N–H and O–H groups in total. The number of pyridine rings is 1. The van der Waals surface area contributed by atoms with Gasteiger partial charge in [-0.3, -0.25) is 4.79 Å². The second-order valence-electron chi connectivity index (χ2n) is 11.0. The van der Waals surface area contributed by atoms with Crippen LogP contribution < -0.4 is 9.80 Å². The number of piperazine rings is 1. The van der Waals surface area contributed by atoms with Crippen LogP contribution in [0.15, 0.2) is 42.6 Å². The minimum Gasteiger partial charge on any atom is -0.365 e. The number of hydrogen-bond donors (Lipinski definition) is 0. The normalized spacial score (nSPS) is 16.7. The van der Waals surface area contributed by atoms with Crippen molar-refractivity contribution in [2.45, 2.75) is 39.9 Å². The standard InChI is InChI=1S/C31H29ClF2N8O/c1-18-11-19(2)23(31(43)41-9-7-39(16-20(41)3)27-14-25(33)21(15-35)12-26(27)34)13-22(18)29-38-37-28-17-40(8-10-42(28)29)30-24(32)5-4-6-36-30/h4-6,11-14,20H,7-10,16-17H2,1-3H3/t20-/m0/s1. The first-order chi connectivity index (χ1) is 20.7. The van der Waals surface area contributed by atoms with Gasteiger partial charge in [-0.05, 0) is 56.2 Å². The van der Waals surface area contributed by atoms with Gasteiger partial charge < -0.3 is 19.3 Å². The third kappa shape index (κ3) is 5.16. The minimum absolute atomic E-state index is 0.0877. The zero-order valence-corrected chi connectivity index (χ0v) is 24.7. The Hall–Kier alpha value is -4.56. The molecule has 2 aliphatic heterocycles. The molecule has 4 aromatic rings. The molecule has 1 fully saturated rings. The Morgan fingerprint density at radius 3 is 2.56 bits per heavy atom. The van der Waals surface area contributed by atoms with E-state index in [4.69, 9.17) is 16.9 Å². The minimum atomic E-state index is -0.767. The summed E-state index contributed by atoms with van der Waals surface area (Å²) in [6, 6.07) is 10.9. The molecule has 0 spiro atoms. The average Bonchev–Trinajstić information content (AvgIpc) is 3.41. The topological polar surface area (TPSA) is 94.2 Å². The largest absolute Gasteiger partial charge is 0.365 e. The van der Waals surface area contributed by atoms with Gasteiger partial charge in [0.15, 0.2) is 11.6 Å². The van der Waals surface area contributed by atoms with Crippen molar-refractivity contribution in [2.75, 3.05) is 36.0 Å². The number of benzene rings is 2. The molecule has 1 amide bonds. The van der Waals surface area contributed by atoms with Crippen molar-refractivity contribution in [1.82, 2.24) is 24.6 Å². The summed E-state index contributed by atoms with van der Waals surface area (Å²) in [7, 11) is 0. The number of carbonyl (C=O) groups excluding carboxylic acids is 1. The van der Waals surface area contributed by atoms with Gasteiger partial charge in [0.2, 0.25) is 0 Å². The number of aromatic nitrogens is 4. The van der Waals surface area contributed by atoms with Crippen LogP contribution in [0.1, 0.15) is 39.8 Å². The molecule has 9 nitrogen and oxygen atoms in total. The number of carbonyl (C=O) groups is 1. The zero-order chi connectivity index (χ0) is 30.4. The van der Waals surface area contributed by atoms with Gasteiger partial charge in [0.1, 0.15) is 23.5 Å². The zero-order valence-electron chi connectivity index (χ0n) is 24.0. The number of hydrogen-bond acceptors (Lipinski definition) is 7. The van der Waals surface area contributed by atoms with Crippen LogP contribution in [-0.4, -0.2) is 62.8 Å². The number of amides is 1. The molecule has 43 heavy (non-hydrogen) atoms. The number of rotatable bonds is 4. The molecule has 2 aliphatic rings. The molecular weight excluding hydrogens is 574 g/mol. The molecule has 1 saturated heterocycles. The smallest absolute Gasteiger partial charge is 0.254 e. The molecule has 0 radical (unpaired) electrons. The van der Waals surface area contributed by atoms with Gasteiger partial charge in [0, 0.05) is 62.2 Å². The highest BCUT2D eigenvalue weighted by Crippen LogP contribution is 2.32. The van der Waals surface area contributed by atoms with Crippen LogP contribution >= 0.6 is 11.6 Å². The lowest BCUT2D eigenvalue weighted by molar-refractivity contribution is 0.0673. The maximum absolute atomic E-state index is 14.7. The maximum atomic E-state index is 14.7. The van der Waals surface area contributed by atoms with E-state index in [0.717, 1.165) is 34.6 Å². The van der Waals surface area contributed by atoms with Gasteiger partial charge in [-0.1, -0.05) is 17.7 Å². The number of nitrogens with zero attached hydrogens (tertiary/aromatic N) is 8. The quantitative estimate of drug-likeness (QED) is 0.320. The Balaban J connectivity index is 1.23. The van der Waals surface area contributed by atoms with Crippen molar-refractivity contribution in [3.63, 3.8) is 0 Å².